The van der Waals surface area contributed by atoms with Crippen molar-refractivity contribution in [2.75, 3.05) is 19.6 Å². The zero-order chi connectivity index (χ0) is 16.8. The lowest BCUT2D eigenvalue weighted by atomic mass is 9.74. The monoisotopic (exact) mass is 301 g/mol. The Morgan fingerprint density at radius 2 is 1.62 bits per heavy atom. The molecule has 2 amide bonds. The van der Waals surface area contributed by atoms with E-state index in [2.05, 4.69) is 29.4 Å². The van der Waals surface area contributed by atoms with Crippen molar-refractivity contribution in [2.24, 2.45) is 5.41 Å². The third kappa shape index (κ3) is 5.53. The summed E-state index contributed by atoms with van der Waals surface area (Å²) in [6, 6.07) is -0.345. The van der Waals surface area contributed by atoms with Crippen molar-refractivity contribution in [1.82, 2.24) is 15.5 Å². The second-order valence-electron chi connectivity index (χ2n) is 6.54. The fourth-order valence-electron chi connectivity index (χ4n) is 1.88. The topological polar surface area (TPSA) is 81.7 Å². The van der Waals surface area contributed by atoms with E-state index in [1.54, 1.807) is 27.7 Å². The molecule has 6 nitrogen and oxygen atoms in total. The number of likely N-dealkylation sites (N-methyl/N-ethyl adjacent to an activating group) is 1. The number of rotatable bonds is 8. The van der Waals surface area contributed by atoms with Crippen LogP contribution in [0.3, 0.4) is 0 Å². The van der Waals surface area contributed by atoms with E-state index in [0.29, 0.717) is 0 Å². The van der Waals surface area contributed by atoms with E-state index in [1.807, 2.05) is 6.92 Å². The minimum absolute atomic E-state index is 0.00589. The number of amides is 2. The van der Waals surface area contributed by atoms with Gasteiger partial charge in [0, 0.05) is 12.6 Å². The second kappa shape index (κ2) is 7.64. The molecule has 0 rings (SSSR count). The van der Waals surface area contributed by atoms with Crippen LogP contribution in [0.4, 0.5) is 4.79 Å². The molecule has 0 aliphatic carbocycles. The number of aliphatic carboxylic acids is 1. The second-order valence-corrected chi connectivity index (χ2v) is 6.54. The molecule has 0 aromatic rings. The summed E-state index contributed by atoms with van der Waals surface area (Å²) in [4.78, 5) is 25.6. The van der Waals surface area contributed by atoms with E-state index in [1.165, 1.54) is 0 Å². The van der Waals surface area contributed by atoms with Crippen LogP contribution < -0.4 is 10.6 Å². The summed E-state index contributed by atoms with van der Waals surface area (Å²) >= 11 is 0. The maximum Gasteiger partial charge on any atom is 0.315 e. The number of carbonyl (C=O) groups is 2. The first-order valence-corrected chi connectivity index (χ1v) is 7.52. The molecule has 0 aromatic carbocycles. The van der Waals surface area contributed by atoms with Crippen LogP contribution >= 0.6 is 0 Å². The molecule has 21 heavy (non-hydrogen) atoms. The van der Waals surface area contributed by atoms with Crippen molar-refractivity contribution in [3.05, 3.63) is 0 Å². The lowest BCUT2D eigenvalue weighted by Crippen LogP contribution is -2.60. The van der Waals surface area contributed by atoms with Crippen molar-refractivity contribution in [1.29, 1.82) is 0 Å². The van der Waals surface area contributed by atoms with Gasteiger partial charge in [-0.2, -0.15) is 0 Å². The van der Waals surface area contributed by atoms with Crippen molar-refractivity contribution in [2.45, 2.75) is 60.0 Å². The smallest absolute Gasteiger partial charge is 0.315 e. The van der Waals surface area contributed by atoms with Gasteiger partial charge in [-0.1, -0.05) is 13.8 Å². The molecule has 1 atom stereocenters. The van der Waals surface area contributed by atoms with E-state index in [4.69, 9.17) is 0 Å². The zero-order valence-corrected chi connectivity index (χ0v) is 14.4. The fourth-order valence-corrected chi connectivity index (χ4v) is 1.88. The molecule has 0 fully saturated rings. The minimum Gasteiger partial charge on any atom is -0.481 e. The van der Waals surface area contributed by atoms with Crippen molar-refractivity contribution < 1.29 is 14.7 Å². The Labute approximate surface area is 128 Å². The van der Waals surface area contributed by atoms with Gasteiger partial charge in [-0.3, -0.25) is 4.79 Å². The number of carboxylic acids is 1. The SMILES string of the molecule is CCN(CC)CC(C)NC(=O)NC(C)(C)C(C)(C)C(=O)O. The number of carbonyl (C=O) groups excluding carboxylic acids is 1. The third-order valence-electron chi connectivity index (χ3n) is 4.33. The summed E-state index contributed by atoms with van der Waals surface area (Å²) in [6.45, 7) is 15.4. The molecule has 0 bridgehead atoms. The molecule has 0 saturated heterocycles. The van der Waals surface area contributed by atoms with E-state index in [-0.39, 0.29) is 12.1 Å². The average molecular weight is 301 g/mol. The predicted molar refractivity (Wildman–Crippen MR) is 84.4 cm³/mol. The van der Waals surface area contributed by atoms with Crippen molar-refractivity contribution in [3.8, 4) is 0 Å². The Hall–Kier alpha value is -1.30. The normalized spacial score (nSPS) is 13.9. The maximum absolute atomic E-state index is 12.1. The number of hydrogen-bond acceptors (Lipinski definition) is 3. The molecule has 0 radical (unpaired) electrons. The Balaban J connectivity index is 4.59. The predicted octanol–water partition coefficient (Wildman–Crippen LogP) is 1.91. The van der Waals surface area contributed by atoms with Crippen LogP contribution in [-0.4, -0.2) is 53.2 Å². The van der Waals surface area contributed by atoms with Gasteiger partial charge >= 0.3 is 12.0 Å². The van der Waals surface area contributed by atoms with Crippen LogP contribution in [0.25, 0.3) is 0 Å². The summed E-state index contributed by atoms with van der Waals surface area (Å²) < 4.78 is 0. The van der Waals surface area contributed by atoms with E-state index >= 15 is 0 Å². The minimum atomic E-state index is -1.06. The lowest BCUT2D eigenvalue weighted by Gasteiger charge is -2.39. The molecule has 0 aliphatic heterocycles. The molecule has 0 saturated carbocycles. The maximum atomic E-state index is 12.1. The highest BCUT2D eigenvalue weighted by Gasteiger charge is 2.44. The van der Waals surface area contributed by atoms with Gasteiger partial charge in [-0.15, -0.1) is 0 Å². The van der Waals surface area contributed by atoms with Gasteiger partial charge in [0.05, 0.1) is 11.0 Å². The highest BCUT2D eigenvalue weighted by molar-refractivity contribution is 5.79. The average Bonchev–Trinajstić information content (AvgIpc) is 2.34. The summed E-state index contributed by atoms with van der Waals surface area (Å²) in [7, 11) is 0. The summed E-state index contributed by atoms with van der Waals surface area (Å²) in [5.74, 6) is -0.941. The van der Waals surface area contributed by atoms with Crippen LogP contribution in [-0.2, 0) is 4.79 Å². The first-order valence-electron chi connectivity index (χ1n) is 7.52. The van der Waals surface area contributed by atoms with Crippen molar-refractivity contribution >= 4 is 12.0 Å². The van der Waals surface area contributed by atoms with E-state index in [9.17, 15) is 14.7 Å². The largest absolute Gasteiger partial charge is 0.481 e. The first kappa shape index (κ1) is 19.7. The number of carboxylic acid groups (broad SMARTS) is 1. The van der Waals surface area contributed by atoms with Crippen LogP contribution in [0.5, 0.6) is 0 Å². The summed E-state index contributed by atoms with van der Waals surface area (Å²) in [5, 5.41) is 14.9. The highest BCUT2D eigenvalue weighted by atomic mass is 16.4. The molecule has 3 N–H and O–H groups in total. The highest BCUT2D eigenvalue weighted by Crippen LogP contribution is 2.30. The number of urea groups is 1. The molecule has 0 aromatic heterocycles. The van der Waals surface area contributed by atoms with Crippen LogP contribution in [0.15, 0.2) is 0 Å². The Morgan fingerprint density at radius 1 is 1.14 bits per heavy atom. The van der Waals surface area contributed by atoms with Crippen LogP contribution in [0, 0.1) is 5.41 Å². The van der Waals surface area contributed by atoms with Gasteiger partial charge in [0.2, 0.25) is 0 Å². The zero-order valence-electron chi connectivity index (χ0n) is 14.4. The van der Waals surface area contributed by atoms with Crippen LogP contribution in [0.1, 0.15) is 48.5 Å². The Morgan fingerprint density at radius 3 is 2.00 bits per heavy atom. The number of nitrogens with one attached hydrogen (secondary N) is 2. The van der Waals surface area contributed by atoms with Gasteiger partial charge < -0.3 is 20.6 Å². The van der Waals surface area contributed by atoms with Crippen LogP contribution in [0.2, 0.25) is 0 Å². The molecule has 0 heterocycles. The number of hydrogen-bond donors (Lipinski definition) is 3. The molecule has 0 aliphatic rings. The standard InChI is InChI=1S/C15H31N3O3/c1-8-18(9-2)10-11(3)16-13(21)17-15(6,7)14(4,5)12(19)20/h11H,8-10H2,1-7H3,(H,19,20)(H2,16,17,21). The van der Waals surface area contributed by atoms with E-state index < -0.39 is 16.9 Å². The molecule has 124 valence electrons. The third-order valence-corrected chi connectivity index (χ3v) is 4.33. The fraction of sp³-hybridized carbons (Fsp3) is 0.867. The number of nitrogens with zero attached hydrogens (tertiary/aromatic N) is 1. The quantitative estimate of drug-likeness (QED) is 0.639. The molecular formula is C15H31N3O3. The Kier molecular flexibility index (Phi) is 7.16. The lowest BCUT2D eigenvalue weighted by molar-refractivity contribution is -0.150. The van der Waals surface area contributed by atoms with Gasteiger partial charge in [0.15, 0.2) is 0 Å². The first-order chi connectivity index (χ1) is 9.47. The molecule has 0 spiro atoms. The van der Waals surface area contributed by atoms with Gasteiger partial charge in [0.1, 0.15) is 0 Å². The summed E-state index contributed by atoms with van der Waals surface area (Å²) in [6.07, 6.45) is 0. The Bertz CT molecular complexity index is 363. The van der Waals surface area contributed by atoms with Crippen molar-refractivity contribution in [3.63, 3.8) is 0 Å². The van der Waals surface area contributed by atoms with Gasteiger partial charge in [0.25, 0.3) is 0 Å². The van der Waals surface area contributed by atoms with Gasteiger partial charge in [-0.25, -0.2) is 4.79 Å². The molecule has 1 unspecified atom stereocenters. The molecule has 6 heteroatoms. The summed E-state index contributed by atoms with van der Waals surface area (Å²) in [5.41, 5.74) is -1.93. The van der Waals surface area contributed by atoms with Gasteiger partial charge in [-0.05, 0) is 47.7 Å². The van der Waals surface area contributed by atoms with E-state index in [0.717, 1.165) is 19.6 Å². The molecular weight excluding hydrogens is 270 g/mol.